The summed E-state index contributed by atoms with van der Waals surface area (Å²) in [6.45, 7) is 5.25. The van der Waals surface area contributed by atoms with E-state index in [9.17, 15) is 9.59 Å². The van der Waals surface area contributed by atoms with Gasteiger partial charge in [0.1, 0.15) is 0 Å². The maximum Gasteiger partial charge on any atom is 0.307 e. The number of hydrogen-bond donors (Lipinski definition) is 3. The fraction of sp³-hybridized carbons (Fsp3) is 0.800. The minimum Gasteiger partial charge on any atom is -0.481 e. The lowest BCUT2D eigenvalue weighted by Crippen LogP contribution is -2.33. The molecule has 5 nitrogen and oxygen atoms in total. The van der Waals surface area contributed by atoms with E-state index in [1.165, 1.54) is 0 Å². The molecule has 1 aliphatic rings. The molecule has 1 aliphatic carbocycles. The van der Waals surface area contributed by atoms with Gasteiger partial charge in [0.25, 0.3) is 0 Å². The minimum absolute atomic E-state index is 0.164. The van der Waals surface area contributed by atoms with Crippen molar-refractivity contribution in [1.82, 2.24) is 5.32 Å². The molecule has 0 saturated heterocycles. The summed E-state index contributed by atoms with van der Waals surface area (Å²) < 4.78 is 0. The second kappa shape index (κ2) is 3.81. The van der Waals surface area contributed by atoms with Crippen LogP contribution in [0.1, 0.15) is 20.8 Å². The molecule has 86 valence electrons. The summed E-state index contributed by atoms with van der Waals surface area (Å²) in [6, 6.07) is 0. The molecule has 1 unspecified atom stereocenters. The van der Waals surface area contributed by atoms with Gasteiger partial charge in [0.15, 0.2) is 0 Å². The number of carboxylic acids is 1. The normalized spacial score (nSPS) is 29.3. The number of carbonyl (C=O) groups excluding carboxylic acids is 1. The van der Waals surface area contributed by atoms with E-state index in [0.717, 1.165) is 0 Å². The van der Waals surface area contributed by atoms with Gasteiger partial charge < -0.3 is 15.5 Å². The van der Waals surface area contributed by atoms with Crippen molar-refractivity contribution in [3.63, 3.8) is 0 Å². The van der Waals surface area contributed by atoms with Gasteiger partial charge in [0.2, 0.25) is 5.91 Å². The average Bonchev–Trinajstić information content (AvgIpc) is 2.65. The smallest absolute Gasteiger partial charge is 0.307 e. The highest BCUT2D eigenvalue weighted by Gasteiger charge is 2.65. The molecule has 1 fully saturated rings. The molecule has 1 amide bonds. The Bertz CT molecular complexity index is 285. The second-order valence-corrected chi connectivity index (χ2v) is 4.71. The summed E-state index contributed by atoms with van der Waals surface area (Å²) in [6.07, 6.45) is -0.612. The van der Waals surface area contributed by atoms with Crippen LogP contribution in [0.2, 0.25) is 0 Å². The van der Waals surface area contributed by atoms with Gasteiger partial charge in [0.05, 0.1) is 17.9 Å². The van der Waals surface area contributed by atoms with E-state index >= 15 is 0 Å². The third-order valence-electron chi connectivity index (χ3n) is 2.95. The van der Waals surface area contributed by atoms with Crippen LogP contribution in [0.15, 0.2) is 0 Å². The van der Waals surface area contributed by atoms with Gasteiger partial charge in [-0.25, -0.2) is 0 Å². The Balaban J connectivity index is 2.53. The van der Waals surface area contributed by atoms with Crippen LogP contribution in [0.3, 0.4) is 0 Å². The fourth-order valence-corrected chi connectivity index (χ4v) is 1.95. The topological polar surface area (TPSA) is 86.6 Å². The van der Waals surface area contributed by atoms with E-state index in [1.54, 1.807) is 20.8 Å². The second-order valence-electron chi connectivity index (χ2n) is 4.71. The molecule has 5 heteroatoms. The molecule has 3 atom stereocenters. The standard InChI is InChI=1S/C10H17NO4/c1-5(12)4-11-8(13)6-7(9(14)15)10(6,2)3/h5-7,12H,4H2,1-3H3,(H,11,13)(H,14,15)/t5?,6-,7+/m1/s1. The first-order chi connectivity index (χ1) is 6.78. The van der Waals surface area contributed by atoms with Crippen LogP contribution in [-0.2, 0) is 9.59 Å². The zero-order chi connectivity index (χ0) is 11.8. The Hall–Kier alpha value is -1.10. The Morgan fingerprint density at radius 1 is 1.40 bits per heavy atom. The molecule has 15 heavy (non-hydrogen) atoms. The molecule has 0 spiro atoms. The quantitative estimate of drug-likeness (QED) is 0.608. The molecule has 0 aromatic heterocycles. The molecule has 0 radical (unpaired) electrons. The first-order valence-electron chi connectivity index (χ1n) is 4.97. The molecular weight excluding hydrogens is 198 g/mol. The van der Waals surface area contributed by atoms with Crippen LogP contribution in [0, 0.1) is 17.3 Å². The fourth-order valence-electron chi connectivity index (χ4n) is 1.95. The predicted octanol–water partition coefficient (Wildman–Crippen LogP) is -0.160. The number of hydrogen-bond acceptors (Lipinski definition) is 3. The Morgan fingerprint density at radius 2 is 1.93 bits per heavy atom. The number of carbonyl (C=O) groups is 2. The van der Waals surface area contributed by atoms with Crippen LogP contribution in [0.25, 0.3) is 0 Å². The van der Waals surface area contributed by atoms with Crippen molar-refractivity contribution in [3.05, 3.63) is 0 Å². The summed E-state index contributed by atoms with van der Waals surface area (Å²) in [5, 5.41) is 20.4. The van der Waals surface area contributed by atoms with Gasteiger partial charge in [-0.1, -0.05) is 13.8 Å². The highest BCUT2D eigenvalue weighted by Crippen LogP contribution is 2.58. The Labute approximate surface area is 88.5 Å². The number of rotatable bonds is 4. The Morgan fingerprint density at radius 3 is 2.27 bits per heavy atom. The van der Waals surface area contributed by atoms with Crippen molar-refractivity contribution in [2.24, 2.45) is 17.3 Å². The summed E-state index contributed by atoms with van der Waals surface area (Å²) in [4.78, 5) is 22.4. The molecule has 0 aliphatic heterocycles. The molecule has 1 saturated carbocycles. The minimum atomic E-state index is -0.933. The number of amides is 1. The van der Waals surface area contributed by atoms with E-state index < -0.39 is 29.3 Å². The molecule has 0 bridgehead atoms. The van der Waals surface area contributed by atoms with E-state index in [0.29, 0.717) is 0 Å². The molecule has 0 heterocycles. The molecule has 1 rings (SSSR count). The lowest BCUT2D eigenvalue weighted by Gasteiger charge is -2.07. The van der Waals surface area contributed by atoms with E-state index in [2.05, 4.69) is 5.32 Å². The summed E-state index contributed by atoms with van der Waals surface area (Å²) in [7, 11) is 0. The van der Waals surface area contributed by atoms with Crippen molar-refractivity contribution in [2.45, 2.75) is 26.9 Å². The Kier molecular flexibility index (Phi) is 3.04. The maximum absolute atomic E-state index is 11.6. The van der Waals surface area contributed by atoms with Gasteiger partial charge in [-0.2, -0.15) is 0 Å². The number of aliphatic hydroxyl groups is 1. The average molecular weight is 215 g/mol. The first-order valence-corrected chi connectivity index (χ1v) is 4.97. The third kappa shape index (κ3) is 2.28. The van der Waals surface area contributed by atoms with Crippen molar-refractivity contribution in [2.75, 3.05) is 6.54 Å². The van der Waals surface area contributed by atoms with Crippen LogP contribution >= 0.6 is 0 Å². The molecule has 0 aromatic rings. The van der Waals surface area contributed by atoms with Crippen molar-refractivity contribution < 1.29 is 19.8 Å². The summed E-state index contributed by atoms with van der Waals surface area (Å²) in [5.74, 6) is -2.30. The van der Waals surface area contributed by atoms with Gasteiger partial charge >= 0.3 is 5.97 Å². The lowest BCUT2D eigenvalue weighted by molar-refractivity contribution is -0.140. The van der Waals surface area contributed by atoms with E-state index in [1.807, 2.05) is 0 Å². The lowest BCUT2D eigenvalue weighted by atomic mass is 10.1. The number of aliphatic carboxylic acids is 1. The van der Waals surface area contributed by atoms with Crippen molar-refractivity contribution in [1.29, 1.82) is 0 Å². The number of carboxylic acid groups (broad SMARTS) is 1. The molecular formula is C10H17NO4. The predicted molar refractivity (Wildman–Crippen MR) is 53.1 cm³/mol. The van der Waals surface area contributed by atoms with Crippen molar-refractivity contribution >= 4 is 11.9 Å². The van der Waals surface area contributed by atoms with Gasteiger partial charge in [0, 0.05) is 6.54 Å². The number of nitrogens with one attached hydrogen (secondary N) is 1. The highest BCUT2D eigenvalue weighted by atomic mass is 16.4. The highest BCUT2D eigenvalue weighted by molar-refractivity contribution is 5.91. The summed E-state index contributed by atoms with van der Waals surface area (Å²) >= 11 is 0. The van der Waals surface area contributed by atoms with Crippen LogP contribution in [-0.4, -0.2) is 34.7 Å². The van der Waals surface area contributed by atoms with Crippen molar-refractivity contribution in [3.8, 4) is 0 Å². The molecule has 0 aromatic carbocycles. The van der Waals surface area contributed by atoms with Gasteiger partial charge in [-0.05, 0) is 12.3 Å². The zero-order valence-corrected chi connectivity index (χ0v) is 9.15. The summed E-state index contributed by atoms with van der Waals surface area (Å²) in [5.41, 5.74) is -0.478. The molecule has 3 N–H and O–H groups in total. The third-order valence-corrected chi connectivity index (χ3v) is 2.95. The SMILES string of the molecule is CC(O)CNC(=O)[C@H]1[C@@H](C(=O)O)C1(C)C. The maximum atomic E-state index is 11.6. The largest absolute Gasteiger partial charge is 0.481 e. The van der Waals surface area contributed by atoms with Gasteiger partial charge in [-0.15, -0.1) is 0 Å². The van der Waals surface area contributed by atoms with E-state index in [4.69, 9.17) is 10.2 Å². The number of aliphatic hydroxyl groups excluding tert-OH is 1. The van der Waals surface area contributed by atoms with Crippen LogP contribution in [0.4, 0.5) is 0 Å². The van der Waals surface area contributed by atoms with E-state index in [-0.39, 0.29) is 12.5 Å². The first kappa shape index (κ1) is 12.0. The monoisotopic (exact) mass is 215 g/mol. The van der Waals surface area contributed by atoms with Crippen LogP contribution < -0.4 is 5.32 Å². The van der Waals surface area contributed by atoms with Gasteiger partial charge in [-0.3, -0.25) is 9.59 Å². The van der Waals surface area contributed by atoms with Crippen LogP contribution in [0.5, 0.6) is 0 Å². The zero-order valence-electron chi connectivity index (χ0n) is 9.15.